The van der Waals surface area contributed by atoms with Crippen molar-refractivity contribution in [3.8, 4) is 0 Å². The summed E-state index contributed by atoms with van der Waals surface area (Å²) in [5.74, 6) is 5.69. The van der Waals surface area contributed by atoms with Gasteiger partial charge < -0.3 is 5.73 Å². The predicted molar refractivity (Wildman–Crippen MR) is 82.3 cm³/mol. The van der Waals surface area contributed by atoms with Crippen LogP contribution in [0.25, 0.3) is 0 Å². The zero-order valence-electron chi connectivity index (χ0n) is 11.7. The smallest absolute Gasteiger partial charge is 0.0596 e. The van der Waals surface area contributed by atoms with Crippen molar-refractivity contribution >= 4 is 17.3 Å². The Bertz CT molecular complexity index is 593. The van der Waals surface area contributed by atoms with Crippen molar-refractivity contribution in [2.45, 2.75) is 32.9 Å². The number of benzene rings is 1. The van der Waals surface area contributed by atoms with E-state index in [9.17, 15) is 0 Å². The Balaban J connectivity index is 2.28. The molecule has 5 nitrogen and oxygen atoms in total. The largest absolute Gasteiger partial charge is 0.398 e. The predicted octanol–water partition coefficient (Wildman–Crippen LogP) is 2.19. The molecule has 1 heterocycles. The van der Waals surface area contributed by atoms with E-state index in [0.29, 0.717) is 10.7 Å². The van der Waals surface area contributed by atoms with Crippen LogP contribution in [0.5, 0.6) is 0 Å². The van der Waals surface area contributed by atoms with Crippen molar-refractivity contribution in [2.75, 3.05) is 5.73 Å². The molecule has 0 bridgehead atoms. The maximum atomic E-state index is 6.02. The topological polar surface area (TPSA) is 81.9 Å². The van der Waals surface area contributed by atoms with Crippen molar-refractivity contribution in [3.05, 3.63) is 46.2 Å². The van der Waals surface area contributed by atoms with Gasteiger partial charge in [0.05, 0.1) is 11.7 Å². The lowest BCUT2D eigenvalue weighted by Gasteiger charge is -2.19. The highest BCUT2D eigenvalue weighted by atomic mass is 35.5. The van der Waals surface area contributed by atoms with Crippen LogP contribution in [0.15, 0.2) is 24.3 Å². The third-order valence-electron chi connectivity index (χ3n) is 3.32. The Labute approximate surface area is 123 Å². The second-order valence-electron chi connectivity index (χ2n) is 4.79. The summed E-state index contributed by atoms with van der Waals surface area (Å²) in [5.41, 5.74) is 12.6. The number of hydrogen-bond donors (Lipinski definition) is 3. The third kappa shape index (κ3) is 3.12. The number of rotatable bonds is 5. The number of nitrogens with zero attached hydrogens (tertiary/aromatic N) is 2. The first-order valence-corrected chi connectivity index (χ1v) is 6.97. The summed E-state index contributed by atoms with van der Waals surface area (Å²) in [7, 11) is 0. The molecule has 0 fully saturated rings. The Morgan fingerprint density at radius 2 is 2.15 bits per heavy atom. The highest BCUT2D eigenvalue weighted by Gasteiger charge is 2.16. The summed E-state index contributed by atoms with van der Waals surface area (Å²) in [5, 5.41) is 5.06. The fourth-order valence-electron chi connectivity index (χ4n) is 2.37. The summed E-state index contributed by atoms with van der Waals surface area (Å²) >= 11 is 5.93. The minimum absolute atomic E-state index is 0.0753. The fraction of sp³-hybridized carbons (Fsp3) is 0.357. The highest BCUT2D eigenvalue weighted by molar-refractivity contribution is 6.30. The molecule has 1 aromatic carbocycles. The Hall–Kier alpha value is -1.56. The molecule has 0 aliphatic carbocycles. The van der Waals surface area contributed by atoms with Gasteiger partial charge in [-0.25, -0.2) is 0 Å². The molecule has 1 atom stereocenters. The minimum Gasteiger partial charge on any atom is -0.398 e. The van der Waals surface area contributed by atoms with Gasteiger partial charge in [-0.05, 0) is 37.6 Å². The van der Waals surface area contributed by atoms with Gasteiger partial charge in [-0.15, -0.1) is 0 Å². The number of nitrogen functional groups attached to an aromatic ring is 1. The number of hydrazine groups is 1. The van der Waals surface area contributed by atoms with Crippen LogP contribution in [0.2, 0.25) is 5.02 Å². The lowest BCUT2D eigenvalue weighted by Crippen LogP contribution is -2.30. The molecule has 0 spiro atoms. The van der Waals surface area contributed by atoms with Crippen LogP contribution in [-0.2, 0) is 13.0 Å². The van der Waals surface area contributed by atoms with Crippen LogP contribution in [0.4, 0.5) is 5.69 Å². The van der Waals surface area contributed by atoms with Crippen molar-refractivity contribution in [2.24, 2.45) is 5.84 Å². The molecule has 1 aromatic heterocycles. The van der Waals surface area contributed by atoms with E-state index in [1.165, 1.54) is 0 Å². The average molecular weight is 294 g/mol. The minimum atomic E-state index is -0.0753. The Kier molecular flexibility index (Phi) is 4.65. The van der Waals surface area contributed by atoms with E-state index in [1.807, 2.05) is 23.7 Å². The summed E-state index contributed by atoms with van der Waals surface area (Å²) in [6, 6.07) is 7.46. The average Bonchev–Trinajstić information content (AvgIpc) is 2.76. The summed E-state index contributed by atoms with van der Waals surface area (Å²) in [6.07, 6.45) is 0.719. The lowest BCUT2D eigenvalue weighted by atomic mass is 10.0. The number of halogens is 1. The standard InChI is InChI=1S/C14H20ClN5/c1-3-20-11(6-9(2)19-20)8-14(18-17)12-5-4-10(15)7-13(12)16/h4-7,14,18H,3,8,16-17H2,1-2H3. The molecule has 2 rings (SSSR count). The van der Waals surface area contributed by atoms with Gasteiger partial charge in [-0.1, -0.05) is 17.7 Å². The molecule has 5 N–H and O–H groups in total. The van der Waals surface area contributed by atoms with Crippen LogP contribution in [0.1, 0.15) is 29.9 Å². The molecule has 20 heavy (non-hydrogen) atoms. The molecule has 0 aliphatic heterocycles. The maximum absolute atomic E-state index is 6.02. The van der Waals surface area contributed by atoms with Gasteiger partial charge >= 0.3 is 0 Å². The lowest BCUT2D eigenvalue weighted by molar-refractivity contribution is 0.518. The van der Waals surface area contributed by atoms with Crippen LogP contribution < -0.4 is 17.0 Å². The highest BCUT2D eigenvalue weighted by Crippen LogP contribution is 2.26. The van der Waals surface area contributed by atoms with E-state index in [4.69, 9.17) is 23.2 Å². The van der Waals surface area contributed by atoms with E-state index in [0.717, 1.165) is 29.9 Å². The van der Waals surface area contributed by atoms with E-state index in [2.05, 4.69) is 23.5 Å². The Morgan fingerprint density at radius 3 is 2.75 bits per heavy atom. The number of nitrogens with one attached hydrogen (secondary N) is 1. The van der Waals surface area contributed by atoms with Crippen molar-refractivity contribution in [1.29, 1.82) is 0 Å². The normalized spacial score (nSPS) is 12.6. The molecule has 2 aromatic rings. The van der Waals surface area contributed by atoms with Crippen LogP contribution >= 0.6 is 11.6 Å². The van der Waals surface area contributed by atoms with Crippen molar-refractivity contribution in [3.63, 3.8) is 0 Å². The van der Waals surface area contributed by atoms with Crippen LogP contribution in [0, 0.1) is 6.92 Å². The Morgan fingerprint density at radius 1 is 1.40 bits per heavy atom. The second-order valence-corrected chi connectivity index (χ2v) is 5.23. The number of aromatic nitrogens is 2. The van der Waals surface area contributed by atoms with E-state index in [1.54, 1.807) is 6.07 Å². The second kappa shape index (κ2) is 6.26. The molecule has 0 radical (unpaired) electrons. The number of anilines is 1. The van der Waals surface area contributed by atoms with E-state index < -0.39 is 0 Å². The van der Waals surface area contributed by atoms with Gasteiger partial charge in [-0.2, -0.15) is 5.10 Å². The molecule has 0 saturated heterocycles. The van der Waals surface area contributed by atoms with Gasteiger partial charge in [0.15, 0.2) is 0 Å². The molecule has 6 heteroatoms. The third-order valence-corrected chi connectivity index (χ3v) is 3.56. The number of nitrogens with two attached hydrogens (primary N) is 2. The quantitative estimate of drug-likeness (QED) is 0.448. The summed E-state index contributed by atoms with van der Waals surface area (Å²) in [4.78, 5) is 0. The SMILES string of the molecule is CCn1nc(C)cc1CC(NN)c1ccc(Cl)cc1N. The van der Waals surface area contributed by atoms with Crippen LogP contribution in [0.3, 0.4) is 0 Å². The summed E-state index contributed by atoms with van der Waals surface area (Å²) < 4.78 is 1.98. The molecule has 0 saturated carbocycles. The maximum Gasteiger partial charge on any atom is 0.0596 e. The van der Waals surface area contributed by atoms with Gasteiger partial charge in [-0.3, -0.25) is 16.0 Å². The number of hydrogen-bond acceptors (Lipinski definition) is 4. The van der Waals surface area contributed by atoms with Gasteiger partial charge in [0.25, 0.3) is 0 Å². The number of aryl methyl sites for hydroxylation is 2. The first-order chi connectivity index (χ1) is 9.55. The molecule has 1 unspecified atom stereocenters. The van der Waals surface area contributed by atoms with Gasteiger partial charge in [0.1, 0.15) is 0 Å². The van der Waals surface area contributed by atoms with E-state index in [-0.39, 0.29) is 6.04 Å². The first kappa shape index (κ1) is 14.8. The zero-order chi connectivity index (χ0) is 14.7. The molecule has 0 aliphatic rings. The molecule has 0 amide bonds. The summed E-state index contributed by atoms with van der Waals surface area (Å²) in [6.45, 7) is 4.88. The molecular formula is C14H20ClN5. The van der Waals surface area contributed by atoms with Gasteiger partial charge in [0.2, 0.25) is 0 Å². The first-order valence-electron chi connectivity index (χ1n) is 6.59. The van der Waals surface area contributed by atoms with E-state index >= 15 is 0 Å². The van der Waals surface area contributed by atoms with Crippen molar-refractivity contribution in [1.82, 2.24) is 15.2 Å². The van der Waals surface area contributed by atoms with Gasteiger partial charge in [0, 0.05) is 29.4 Å². The van der Waals surface area contributed by atoms with Crippen LogP contribution in [-0.4, -0.2) is 9.78 Å². The van der Waals surface area contributed by atoms with Crippen molar-refractivity contribution < 1.29 is 0 Å². The zero-order valence-corrected chi connectivity index (χ0v) is 12.5. The fourth-order valence-corrected chi connectivity index (χ4v) is 2.55. The molecular weight excluding hydrogens is 274 g/mol. The molecule has 108 valence electrons. The monoisotopic (exact) mass is 293 g/mol.